The molecule has 1 unspecified atom stereocenters. The number of nitro benzene ring substituents is 1. The molecule has 0 aliphatic carbocycles. The molecule has 1 aromatic rings. The summed E-state index contributed by atoms with van der Waals surface area (Å²) in [5, 5.41) is 14.3. The van der Waals surface area contributed by atoms with Gasteiger partial charge in [-0.2, -0.15) is 0 Å². The second kappa shape index (κ2) is 4.16. The maximum Gasteiger partial charge on any atom is 0.270 e. The Bertz CT molecular complexity index is 389. The highest BCUT2D eigenvalue weighted by atomic mass is 35.5. The Hall–Kier alpha value is -1.13. The summed E-state index contributed by atoms with van der Waals surface area (Å²) >= 11 is 6.01. The highest BCUT2D eigenvalue weighted by molar-refractivity contribution is 6.31. The van der Waals surface area contributed by atoms with Crippen molar-refractivity contribution in [3.8, 4) is 0 Å². The predicted molar refractivity (Wildman–Crippen MR) is 58.1 cm³/mol. The number of hydrogen-bond acceptors (Lipinski definition) is 3. The van der Waals surface area contributed by atoms with E-state index in [-0.39, 0.29) is 11.7 Å². The quantitative estimate of drug-likeness (QED) is 0.623. The first-order valence-electron chi connectivity index (χ1n) is 4.85. The van der Waals surface area contributed by atoms with Gasteiger partial charge in [0.05, 0.1) is 9.95 Å². The lowest BCUT2D eigenvalue weighted by Gasteiger charge is -2.11. The molecule has 0 spiro atoms. The number of nitro groups is 1. The Morgan fingerprint density at radius 1 is 1.53 bits per heavy atom. The molecule has 0 radical (unpaired) electrons. The Morgan fingerprint density at radius 3 is 2.87 bits per heavy atom. The number of rotatable bonds is 2. The average Bonchev–Trinajstić information content (AvgIpc) is 2.70. The van der Waals surface area contributed by atoms with Crippen LogP contribution in [0.4, 0.5) is 5.69 Å². The summed E-state index contributed by atoms with van der Waals surface area (Å²) in [6.07, 6.45) is 2.16. The summed E-state index contributed by atoms with van der Waals surface area (Å²) in [4.78, 5) is 10.1. The molecule has 1 heterocycles. The molecule has 0 bridgehead atoms. The van der Waals surface area contributed by atoms with E-state index in [4.69, 9.17) is 11.6 Å². The van der Waals surface area contributed by atoms with Gasteiger partial charge in [-0.15, -0.1) is 0 Å². The third-order valence-electron chi connectivity index (χ3n) is 2.63. The van der Waals surface area contributed by atoms with Crippen molar-refractivity contribution in [2.24, 2.45) is 0 Å². The maximum atomic E-state index is 10.5. The van der Waals surface area contributed by atoms with Crippen molar-refractivity contribution in [2.75, 3.05) is 6.54 Å². The smallest absolute Gasteiger partial charge is 0.270 e. The second-order valence-corrected chi connectivity index (χ2v) is 4.02. The van der Waals surface area contributed by atoms with E-state index in [2.05, 4.69) is 5.32 Å². The van der Waals surface area contributed by atoms with Crippen molar-refractivity contribution < 1.29 is 4.92 Å². The van der Waals surface area contributed by atoms with E-state index in [9.17, 15) is 10.1 Å². The summed E-state index contributed by atoms with van der Waals surface area (Å²) in [5.41, 5.74) is 1.00. The second-order valence-electron chi connectivity index (χ2n) is 3.61. The number of hydrogen-bond donors (Lipinski definition) is 1. The van der Waals surface area contributed by atoms with Crippen molar-refractivity contribution in [1.82, 2.24) is 5.32 Å². The minimum atomic E-state index is -0.433. The predicted octanol–water partition coefficient (Wildman–Crippen LogP) is 2.67. The molecular weight excluding hydrogens is 216 g/mol. The fraction of sp³-hybridized carbons (Fsp3) is 0.400. The lowest BCUT2D eigenvalue weighted by atomic mass is 10.1. The van der Waals surface area contributed by atoms with Gasteiger partial charge >= 0.3 is 0 Å². The van der Waals surface area contributed by atoms with Crippen molar-refractivity contribution >= 4 is 17.3 Å². The van der Waals surface area contributed by atoms with Gasteiger partial charge in [0.25, 0.3) is 5.69 Å². The molecule has 1 fully saturated rings. The van der Waals surface area contributed by atoms with E-state index < -0.39 is 4.92 Å². The highest BCUT2D eigenvalue weighted by Gasteiger charge is 2.20. The van der Waals surface area contributed by atoms with Crippen molar-refractivity contribution in [3.05, 3.63) is 38.9 Å². The molecule has 1 aromatic carbocycles. The van der Waals surface area contributed by atoms with Gasteiger partial charge in [0.2, 0.25) is 0 Å². The van der Waals surface area contributed by atoms with Crippen LogP contribution in [0.15, 0.2) is 18.2 Å². The standard InChI is InChI=1S/C10H11ClN2O2/c11-9-6-7(13(14)15)3-4-8(9)10-2-1-5-12-10/h3-4,6,10,12H,1-2,5H2. The number of non-ortho nitro benzene ring substituents is 1. The van der Waals surface area contributed by atoms with Crippen molar-refractivity contribution in [2.45, 2.75) is 18.9 Å². The van der Waals surface area contributed by atoms with Crippen LogP contribution in [0.25, 0.3) is 0 Å². The van der Waals surface area contributed by atoms with Crippen LogP contribution in [0.3, 0.4) is 0 Å². The van der Waals surface area contributed by atoms with E-state index in [1.165, 1.54) is 12.1 Å². The molecule has 1 N–H and O–H groups in total. The lowest BCUT2D eigenvalue weighted by Crippen LogP contribution is -2.13. The first-order chi connectivity index (χ1) is 7.18. The SMILES string of the molecule is O=[N+]([O-])c1ccc(C2CCCN2)c(Cl)c1. The third-order valence-corrected chi connectivity index (χ3v) is 2.96. The van der Waals surface area contributed by atoms with Crippen LogP contribution in [-0.2, 0) is 0 Å². The number of nitrogens with one attached hydrogen (secondary N) is 1. The minimum Gasteiger partial charge on any atom is -0.310 e. The van der Waals surface area contributed by atoms with Crippen LogP contribution >= 0.6 is 11.6 Å². The Balaban J connectivity index is 2.29. The summed E-state index contributed by atoms with van der Waals surface area (Å²) in [5.74, 6) is 0. The molecule has 15 heavy (non-hydrogen) atoms. The van der Waals surface area contributed by atoms with Gasteiger partial charge < -0.3 is 5.32 Å². The highest BCUT2D eigenvalue weighted by Crippen LogP contribution is 2.31. The van der Waals surface area contributed by atoms with Crippen LogP contribution in [0.1, 0.15) is 24.4 Å². The normalized spacial score (nSPS) is 20.5. The van der Waals surface area contributed by atoms with Gasteiger partial charge in [-0.25, -0.2) is 0 Å². The Kier molecular flexibility index (Phi) is 2.88. The zero-order valence-corrected chi connectivity index (χ0v) is 8.83. The fourth-order valence-corrected chi connectivity index (χ4v) is 2.17. The molecule has 0 aromatic heterocycles. The van der Waals surface area contributed by atoms with Crippen LogP contribution < -0.4 is 5.32 Å². The summed E-state index contributed by atoms with van der Waals surface area (Å²) < 4.78 is 0. The largest absolute Gasteiger partial charge is 0.310 e. The molecule has 0 amide bonds. The fourth-order valence-electron chi connectivity index (χ4n) is 1.86. The van der Waals surface area contributed by atoms with Gasteiger partial charge in [0.15, 0.2) is 0 Å². The van der Waals surface area contributed by atoms with E-state index in [0.29, 0.717) is 5.02 Å². The third kappa shape index (κ3) is 2.11. The summed E-state index contributed by atoms with van der Waals surface area (Å²) in [6.45, 7) is 0.984. The molecule has 4 nitrogen and oxygen atoms in total. The summed E-state index contributed by atoms with van der Waals surface area (Å²) in [6, 6.07) is 4.90. The molecule has 0 saturated carbocycles. The van der Waals surface area contributed by atoms with Crippen molar-refractivity contribution in [1.29, 1.82) is 0 Å². The molecule has 5 heteroatoms. The zero-order valence-electron chi connectivity index (χ0n) is 8.07. The first-order valence-corrected chi connectivity index (χ1v) is 5.23. The van der Waals surface area contributed by atoms with Gasteiger partial charge in [0.1, 0.15) is 0 Å². The number of nitrogens with zero attached hydrogens (tertiary/aromatic N) is 1. The number of benzene rings is 1. The van der Waals surface area contributed by atoms with E-state index >= 15 is 0 Å². The topological polar surface area (TPSA) is 55.2 Å². The molecule has 80 valence electrons. The average molecular weight is 227 g/mol. The van der Waals surface area contributed by atoms with Crippen LogP contribution in [0, 0.1) is 10.1 Å². The van der Waals surface area contributed by atoms with E-state index in [1.807, 2.05) is 0 Å². The Morgan fingerprint density at radius 2 is 2.33 bits per heavy atom. The summed E-state index contributed by atoms with van der Waals surface area (Å²) in [7, 11) is 0. The number of halogens is 1. The van der Waals surface area contributed by atoms with E-state index in [1.54, 1.807) is 6.07 Å². The zero-order chi connectivity index (χ0) is 10.8. The molecular formula is C10H11ClN2O2. The van der Waals surface area contributed by atoms with Gasteiger partial charge in [-0.3, -0.25) is 10.1 Å². The first kappa shape index (κ1) is 10.4. The van der Waals surface area contributed by atoms with Gasteiger partial charge in [-0.05, 0) is 31.0 Å². The molecule has 1 saturated heterocycles. The van der Waals surface area contributed by atoms with Crippen LogP contribution in [0.5, 0.6) is 0 Å². The van der Waals surface area contributed by atoms with Crippen LogP contribution in [0.2, 0.25) is 5.02 Å². The minimum absolute atomic E-state index is 0.0433. The maximum absolute atomic E-state index is 10.5. The molecule has 1 atom stereocenters. The van der Waals surface area contributed by atoms with Gasteiger partial charge in [0, 0.05) is 18.2 Å². The Labute approximate surface area is 92.4 Å². The molecule has 2 rings (SSSR count). The molecule has 1 aliphatic heterocycles. The van der Waals surface area contributed by atoms with Crippen LogP contribution in [-0.4, -0.2) is 11.5 Å². The van der Waals surface area contributed by atoms with Crippen molar-refractivity contribution in [3.63, 3.8) is 0 Å². The van der Waals surface area contributed by atoms with Gasteiger partial charge in [-0.1, -0.05) is 11.6 Å². The monoisotopic (exact) mass is 226 g/mol. The van der Waals surface area contributed by atoms with E-state index in [0.717, 1.165) is 24.9 Å². The molecule has 1 aliphatic rings. The lowest BCUT2D eigenvalue weighted by molar-refractivity contribution is -0.384.